The number of nitrogens with one attached hydrogen (secondary N) is 1. The zero-order valence-electron chi connectivity index (χ0n) is 11.1. The predicted octanol–water partition coefficient (Wildman–Crippen LogP) is 2.20. The van der Waals surface area contributed by atoms with E-state index in [0.717, 1.165) is 16.8 Å². The minimum Gasteiger partial charge on any atom is -0.368 e. The summed E-state index contributed by atoms with van der Waals surface area (Å²) in [5, 5.41) is 3.20. The highest BCUT2D eigenvalue weighted by Crippen LogP contribution is 2.25. The molecule has 1 atom stereocenters. The molecule has 98 valence electrons. The molecule has 1 aromatic heterocycles. The van der Waals surface area contributed by atoms with Gasteiger partial charge in [0.1, 0.15) is 5.54 Å². The molecule has 0 aliphatic carbocycles. The van der Waals surface area contributed by atoms with E-state index in [0.29, 0.717) is 0 Å². The van der Waals surface area contributed by atoms with Gasteiger partial charge in [-0.2, -0.15) is 0 Å². The summed E-state index contributed by atoms with van der Waals surface area (Å²) < 4.78 is 0. The van der Waals surface area contributed by atoms with Crippen LogP contribution in [-0.4, -0.2) is 10.9 Å². The van der Waals surface area contributed by atoms with Gasteiger partial charge in [0.15, 0.2) is 0 Å². The van der Waals surface area contributed by atoms with Gasteiger partial charge in [-0.05, 0) is 43.7 Å². The lowest BCUT2D eigenvalue weighted by atomic mass is 9.91. The van der Waals surface area contributed by atoms with Crippen LogP contribution in [0.2, 0.25) is 0 Å². The van der Waals surface area contributed by atoms with Crippen molar-refractivity contribution in [2.24, 2.45) is 5.73 Å². The first kappa shape index (κ1) is 13.1. The molecule has 0 fully saturated rings. The molecule has 1 amide bonds. The van der Waals surface area contributed by atoms with Gasteiger partial charge in [0.05, 0.1) is 0 Å². The lowest BCUT2D eigenvalue weighted by Gasteiger charge is -2.29. The molecule has 4 nitrogen and oxygen atoms in total. The third-order valence-corrected chi connectivity index (χ3v) is 3.20. The highest BCUT2D eigenvalue weighted by molar-refractivity contribution is 5.88. The van der Waals surface area contributed by atoms with E-state index in [9.17, 15) is 4.79 Å². The summed E-state index contributed by atoms with van der Waals surface area (Å²) in [5.41, 5.74) is 7.40. The number of amides is 1. The molecule has 2 aromatic rings. The monoisotopic (exact) mass is 255 g/mol. The van der Waals surface area contributed by atoms with Crippen LogP contribution in [0.15, 0.2) is 48.8 Å². The Hall–Kier alpha value is -2.36. The summed E-state index contributed by atoms with van der Waals surface area (Å²) in [6.07, 6.45) is 3.29. The molecule has 2 rings (SSSR count). The first-order chi connectivity index (χ1) is 9.02. The molecule has 3 N–H and O–H groups in total. The maximum absolute atomic E-state index is 11.8. The average molecular weight is 255 g/mol. The fourth-order valence-electron chi connectivity index (χ4n) is 1.89. The molecule has 19 heavy (non-hydrogen) atoms. The number of nitrogens with zero attached hydrogens (tertiary/aromatic N) is 1. The summed E-state index contributed by atoms with van der Waals surface area (Å²) in [6, 6.07) is 11.4. The Morgan fingerprint density at radius 2 is 1.74 bits per heavy atom. The average Bonchev–Trinajstić information content (AvgIpc) is 2.42. The van der Waals surface area contributed by atoms with Gasteiger partial charge in [-0.3, -0.25) is 9.78 Å². The molecule has 1 heterocycles. The summed E-state index contributed by atoms with van der Waals surface area (Å²) in [6.45, 7) is 3.78. The number of benzene rings is 1. The van der Waals surface area contributed by atoms with Crippen molar-refractivity contribution in [1.82, 2.24) is 4.98 Å². The summed E-state index contributed by atoms with van der Waals surface area (Å²) in [4.78, 5) is 15.8. The third kappa shape index (κ3) is 2.73. The number of aromatic nitrogens is 1. The van der Waals surface area contributed by atoms with E-state index < -0.39 is 11.4 Å². The van der Waals surface area contributed by atoms with Gasteiger partial charge in [-0.15, -0.1) is 0 Å². The molecule has 0 radical (unpaired) electrons. The highest BCUT2D eigenvalue weighted by Gasteiger charge is 2.33. The Kier molecular flexibility index (Phi) is 3.51. The second kappa shape index (κ2) is 5.10. The molecular weight excluding hydrogens is 238 g/mol. The molecule has 0 aliphatic rings. The van der Waals surface area contributed by atoms with Crippen molar-refractivity contribution in [2.75, 3.05) is 5.32 Å². The summed E-state index contributed by atoms with van der Waals surface area (Å²) >= 11 is 0. The minimum absolute atomic E-state index is 0.431. The largest absolute Gasteiger partial charge is 0.368 e. The fourth-order valence-corrected chi connectivity index (χ4v) is 1.89. The summed E-state index contributed by atoms with van der Waals surface area (Å²) in [7, 11) is 0. The quantitative estimate of drug-likeness (QED) is 0.880. The molecule has 0 aliphatic heterocycles. The topological polar surface area (TPSA) is 68.0 Å². The number of primary amides is 1. The number of aryl methyl sites for hydroxylation is 1. The first-order valence-electron chi connectivity index (χ1n) is 6.07. The van der Waals surface area contributed by atoms with Gasteiger partial charge in [0.25, 0.3) is 0 Å². The number of carbonyl (C=O) groups excluding carboxylic acids is 1. The second-order valence-electron chi connectivity index (χ2n) is 4.72. The van der Waals surface area contributed by atoms with Crippen molar-refractivity contribution in [2.45, 2.75) is 19.4 Å². The molecule has 0 saturated heterocycles. The van der Waals surface area contributed by atoms with E-state index in [1.807, 2.05) is 31.2 Å². The zero-order valence-corrected chi connectivity index (χ0v) is 11.1. The van der Waals surface area contributed by atoms with Crippen molar-refractivity contribution in [3.05, 3.63) is 59.9 Å². The molecular formula is C15H17N3O. The number of anilines is 1. The van der Waals surface area contributed by atoms with Crippen LogP contribution in [-0.2, 0) is 10.3 Å². The number of hydrogen-bond donors (Lipinski definition) is 2. The number of pyridine rings is 1. The normalized spacial score (nSPS) is 13.6. The SMILES string of the molecule is Cc1ccc(NC(C)(C(N)=O)c2ccncc2)cc1. The second-order valence-corrected chi connectivity index (χ2v) is 4.72. The first-order valence-corrected chi connectivity index (χ1v) is 6.07. The van der Waals surface area contributed by atoms with Gasteiger partial charge < -0.3 is 11.1 Å². The molecule has 0 saturated carbocycles. The van der Waals surface area contributed by atoms with Crippen LogP contribution in [0.25, 0.3) is 0 Å². The molecule has 0 spiro atoms. The Morgan fingerprint density at radius 1 is 1.16 bits per heavy atom. The number of nitrogens with two attached hydrogens (primary N) is 1. The van der Waals surface area contributed by atoms with Crippen LogP contribution in [0.3, 0.4) is 0 Å². The van der Waals surface area contributed by atoms with E-state index in [1.165, 1.54) is 0 Å². The van der Waals surface area contributed by atoms with E-state index in [-0.39, 0.29) is 0 Å². The fraction of sp³-hybridized carbons (Fsp3) is 0.200. The van der Waals surface area contributed by atoms with Gasteiger partial charge in [-0.1, -0.05) is 17.7 Å². The third-order valence-electron chi connectivity index (χ3n) is 3.20. The summed E-state index contributed by atoms with van der Waals surface area (Å²) in [5.74, 6) is -0.431. The Bertz CT molecular complexity index is 566. The molecule has 1 aromatic carbocycles. The van der Waals surface area contributed by atoms with Gasteiger partial charge >= 0.3 is 0 Å². The number of carbonyl (C=O) groups is 1. The van der Waals surface area contributed by atoms with Crippen LogP contribution in [0, 0.1) is 6.92 Å². The van der Waals surface area contributed by atoms with E-state index in [1.54, 1.807) is 31.5 Å². The molecule has 1 unspecified atom stereocenters. The van der Waals surface area contributed by atoms with Crippen LogP contribution < -0.4 is 11.1 Å². The zero-order chi connectivity index (χ0) is 13.9. The molecule has 4 heteroatoms. The maximum Gasteiger partial charge on any atom is 0.247 e. The molecule has 0 bridgehead atoms. The van der Waals surface area contributed by atoms with Crippen molar-refractivity contribution in [3.63, 3.8) is 0 Å². The smallest absolute Gasteiger partial charge is 0.247 e. The van der Waals surface area contributed by atoms with Crippen LogP contribution in [0.5, 0.6) is 0 Å². The van der Waals surface area contributed by atoms with Crippen LogP contribution >= 0.6 is 0 Å². The highest BCUT2D eigenvalue weighted by atomic mass is 16.1. The number of hydrogen-bond acceptors (Lipinski definition) is 3. The minimum atomic E-state index is -0.960. The van der Waals surface area contributed by atoms with Gasteiger partial charge in [0.2, 0.25) is 5.91 Å². The van der Waals surface area contributed by atoms with Crippen LogP contribution in [0.4, 0.5) is 5.69 Å². The maximum atomic E-state index is 11.8. The van der Waals surface area contributed by atoms with Gasteiger partial charge in [-0.25, -0.2) is 0 Å². The Morgan fingerprint density at radius 3 is 2.26 bits per heavy atom. The van der Waals surface area contributed by atoms with E-state index in [2.05, 4.69) is 10.3 Å². The van der Waals surface area contributed by atoms with Crippen molar-refractivity contribution < 1.29 is 4.79 Å². The number of rotatable bonds is 4. The predicted molar refractivity (Wildman–Crippen MR) is 75.6 cm³/mol. The van der Waals surface area contributed by atoms with Gasteiger partial charge in [0, 0.05) is 18.1 Å². The van der Waals surface area contributed by atoms with Crippen molar-refractivity contribution >= 4 is 11.6 Å². The lowest BCUT2D eigenvalue weighted by molar-refractivity contribution is -0.122. The van der Waals surface area contributed by atoms with Crippen molar-refractivity contribution in [3.8, 4) is 0 Å². The lowest BCUT2D eigenvalue weighted by Crippen LogP contribution is -2.45. The standard InChI is InChI=1S/C15H17N3O/c1-11-3-5-13(6-4-11)18-15(2,14(16)19)12-7-9-17-10-8-12/h3-10,18H,1-2H3,(H2,16,19). The Balaban J connectivity index is 2.36. The van der Waals surface area contributed by atoms with Crippen LogP contribution in [0.1, 0.15) is 18.1 Å². The Labute approximate surface area is 112 Å². The van der Waals surface area contributed by atoms with E-state index in [4.69, 9.17) is 5.73 Å². The van der Waals surface area contributed by atoms with Crippen molar-refractivity contribution in [1.29, 1.82) is 0 Å². The van der Waals surface area contributed by atoms with E-state index >= 15 is 0 Å².